The van der Waals surface area contributed by atoms with E-state index >= 15 is 0 Å². The molecule has 1 rings (SSSR count). The van der Waals surface area contributed by atoms with Crippen molar-refractivity contribution in [3.05, 3.63) is 35.4 Å². The van der Waals surface area contributed by atoms with Gasteiger partial charge in [0.05, 0.1) is 7.11 Å². The number of hydrogen-bond acceptors (Lipinski definition) is 6. The molecule has 23 heavy (non-hydrogen) atoms. The van der Waals surface area contributed by atoms with Crippen molar-refractivity contribution in [3.63, 3.8) is 0 Å². The average Bonchev–Trinajstić information content (AvgIpc) is 2.55. The van der Waals surface area contributed by atoms with E-state index in [0.717, 1.165) is 11.1 Å². The van der Waals surface area contributed by atoms with E-state index in [0.29, 0.717) is 6.61 Å². The standard InChI is InChI=1S/C17H23N3O3/c1-6-22-14(3)23-17(11-18,12-19)16(20(4)21-5)15-9-7-13(2)8-10-15/h7-10,14,16H,6H2,1-5H3. The molecule has 0 saturated heterocycles. The van der Waals surface area contributed by atoms with Crippen molar-refractivity contribution in [1.82, 2.24) is 5.06 Å². The monoisotopic (exact) mass is 317 g/mol. The fourth-order valence-corrected chi connectivity index (χ4v) is 2.35. The lowest BCUT2D eigenvalue weighted by molar-refractivity contribution is -0.225. The predicted octanol–water partition coefficient (Wildman–Crippen LogP) is 2.71. The van der Waals surface area contributed by atoms with E-state index in [-0.39, 0.29) is 0 Å². The van der Waals surface area contributed by atoms with Gasteiger partial charge in [-0.2, -0.15) is 15.6 Å². The van der Waals surface area contributed by atoms with Crippen LogP contribution in [0.2, 0.25) is 0 Å². The van der Waals surface area contributed by atoms with Crippen LogP contribution in [0.15, 0.2) is 24.3 Å². The van der Waals surface area contributed by atoms with E-state index in [1.165, 1.54) is 12.2 Å². The molecule has 0 saturated carbocycles. The molecule has 0 aliphatic heterocycles. The summed E-state index contributed by atoms with van der Waals surface area (Å²) in [6.45, 7) is 5.86. The number of aryl methyl sites for hydroxylation is 1. The predicted molar refractivity (Wildman–Crippen MR) is 84.8 cm³/mol. The van der Waals surface area contributed by atoms with Crippen molar-refractivity contribution < 1.29 is 14.3 Å². The number of rotatable bonds is 8. The average molecular weight is 317 g/mol. The molecule has 0 aliphatic rings. The minimum Gasteiger partial charge on any atom is -0.353 e. The highest BCUT2D eigenvalue weighted by molar-refractivity contribution is 5.34. The van der Waals surface area contributed by atoms with Gasteiger partial charge in [-0.3, -0.25) is 0 Å². The van der Waals surface area contributed by atoms with Crippen molar-refractivity contribution in [2.24, 2.45) is 0 Å². The first-order chi connectivity index (χ1) is 10.9. The summed E-state index contributed by atoms with van der Waals surface area (Å²) in [4.78, 5) is 5.26. The third-order valence-electron chi connectivity index (χ3n) is 3.52. The number of nitrogens with zero attached hydrogens (tertiary/aromatic N) is 3. The van der Waals surface area contributed by atoms with Crippen molar-refractivity contribution >= 4 is 0 Å². The lowest BCUT2D eigenvalue weighted by Crippen LogP contribution is -2.46. The highest BCUT2D eigenvalue weighted by atomic mass is 16.7. The molecule has 0 fully saturated rings. The van der Waals surface area contributed by atoms with Crippen molar-refractivity contribution in [1.29, 1.82) is 10.5 Å². The molecule has 0 N–H and O–H groups in total. The Balaban J connectivity index is 3.32. The molecule has 1 aromatic carbocycles. The number of ether oxygens (including phenoxy) is 2. The molecular weight excluding hydrogens is 294 g/mol. The van der Waals surface area contributed by atoms with E-state index in [4.69, 9.17) is 14.3 Å². The number of likely N-dealkylation sites (N-methyl/N-ethyl adjacent to an activating group) is 1. The molecule has 0 radical (unpaired) electrons. The first kappa shape index (κ1) is 19.1. The minimum absolute atomic E-state index is 0.420. The van der Waals surface area contributed by atoms with Crippen LogP contribution in [0.3, 0.4) is 0 Å². The fourth-order valence-electron chi connectivity index (χ4n) is 2.35. The Bertz CT molecular complexity index is 560. The van der Waals surface area contributed by atoms with Gasteiger partial charge in [-0.1, -0.05) is 29.8 Å². The molecular formula is C17H23N3O3. The van der Waals surface area contributed by atoms with E-state index in [1.807, 2.05) is 50.3 Å². The van der Waals surface area contributed by atoms with E-state index < -0.39 is 17.9 Å². The molecule has 6 heteroatoms. The SMILES string of the molecule is CCOC(C)OC(C#N)(C#N)C(c1ccc(C)cc1)N(C)OC. The Morgan fingerprint density at radius 2 is 1.78 bits per heavy atom. The molecule has 124 valence electrons. The van der Waals surface area contributed by atoms with Gasteiger partial charge < -0.3 is 14.3 Å². The lowest BCUT2D eigenvalue weighted by Gasteiger charge is -2.36. The molecule has 6 nitrogen and oxygen atoms in total. The van der Waals surface area contributed by atoms with Crippen LogP contribution in [0, 0.1) is 29.6 Å². The van der Waals surface area contributed by atoms with Crippen LogP contribution in [-0.2, 0) is 14.3 Å². The van der Waals surface area contributed by atoms with E-state index in [1.54, 1.807) is 14.0 Å². The van der Waals surface area contributed by atoms with Crippen LogP contribution in [0.1, 0.15) is 31.0 Å². The molecule has 0 spiro atoms. The Hall–Kier alpha value is -1.96. The topological polar surface area (TPSA) is 78.5 Å². The maximum Gasteiger partial charge on any atom is 0.265 e. The van der Waals surface area contributed by atoms with E-state index in [9.17, 15) is 10.5 Å². The van der Waals surface area contributed by atoms with Crippen molar-refractivity contribution in [3.8, 4) is 12.1 Å². The number of benzene rings is 1. The van der Waals surface area contributed by atoms with Gasteiger partial charge >= 0.3 is 0 Å². The summed E-state index contributed by atoms with van der Waals surface area (Å²) < 4.78 is 11.0. The maximum absolute atomic E-state index is 9.69. The summed E-state index contributed by atoms with van der Waals surface area (Å²) in [5.41, 5.74) is 0.0525. The second-order valence-corrected chi connectivity index (χ2v) is 5.14. The van der Waals surface area contributed by atoms with Gasteiger partial charge in [0.15, 0.2) is 6.29 Å². The zero-order valence-electron chi connectivity index (χ0n) is 14.2. The van der Waals surface area contributed by atoms with Crippen LogP contribution < -0.4 is 0 Å². The third kappa shape index (κ3) is 4.51. The smallest absolute Gasteiger partial charge is 0.265 e. The van der Waals surface area contributed by atoms with Gasteiger partial charge in [0.1, 0.15) is 18.2 Å². The van der Waals surface area contributed by atoms with Crippen molar-refractivity contribution in [2.75, 3.05) is 20.8 Å². The first-order valence-corrected chi connectivity index (χ1v) is 7.39. The second kappa shape index (κ2) is 8.61. The van der Waals surface area contributed by atoms with Crippen LogP contribution in [0.25, 0.3) is 0 Å². The molecule has 0 aliphatic carbocycles. The summed E-state index contributed by atoms with van der Waals surface area (Å²) in [6.07, 6.45) is -0.697. The molecule has 0 aromatic heterocycles. The minimum atomic E-state index is -1.77. The van der Waals surface area contributed by atoms with E-state index in [2.05, 4.69) is 0 Å². The summed E-state index contributed by atoms with van der Waals surface area (Å²) in [6, 6.07) is 10.8. The number of nitriles is 2. The largest absolute Gasteiger partial charge is 0.353 e. The molecule has 1 aromatic rings. The molecule has 0 amide bonds. The molecule has 0 heterocycles. The third-order valence-corrected chi connectivity index (χ3v) is 3.52. The van der Waals surface area contributed by atoms with Gasteiger partial charge in [-0.05, 0) is 26.3 Å². The summed E-state index contributed by atoms with van der Waals surface area (Å²) in [5.74, 6) is 0. The van der Waals surface area contributed by atoms with Gasteiger partial charge in [0, 0.05) is 13.7 Å². The fraction of sp³-hybridized carbons (Fsp3) is 0.529. The maximum atomic E-state index is 9.69. The zero-order chi connectivity index (χ0) is 17.5. The van der Waals surface area contributed by atoms with Gasteiger partial charge in [0.25, 0.3) is 5.60 Å². The highest BCUT2D eigenvalue weighted by Gasteiger charge is 2.46. The van der Waals surface area contributed by atoms with Gasteiger partial charge in [0.2, 0.25) is 0 Å². The molecule has 2 unspecified atom stereocenters. The quantitative estimate of drug-likeness (QED) is 0.542. The van der Waals surface area contributed by atoms with Crippen molar-refractivity contribution in [2.45, 2.75) is 38.7 Å². The normalized spacial score (nSPS) is 14.1. The Morgan fingerprint density at radius 1 is 1.22 bits per heavy atom. The summed E-state index contributed by atoms with van der Waals surface area (Å²) in [5, 5.41) is 20.8. The van der Waals surface area contributed by atoms with Gasteiger partial charge in [-0.25, -0.2) is 0 Å². The zero-order valence-corrected chi connectivity index (χ0v) is 14.2. The number of hydrogen-bond donors (Lipinski definition) is 0. The summed E-state index contributed by atoms with van der Waals surface area (Å²) >= 11 is 0. The van der Waals surface area contributed by atoms with Crippen LogP contribution >= 0.6 is 0 Å². The number of hydroxylamine groups is 2. The molecule has 2 atom stereocenters. The Labute approximate surface area is 137 Å². The molecule has 0 bridgehead atoms. The highest BCUT2D eigenvalue weighted by Crippen LogP contribution is 2.35. The first-order valence-electron chi connectivity index (χ1n) is 7.39. The van der Waals surface area contributed by atoms with Crippen LogP contribution in [0.4, 0.5) is 0 Å². The Morgan fingerprint density at radius 3 is 2.22 bits per heavy atom. The Kier molecular flexibility index (Phi) is 7.15. The summed E-state index contributed by atoms with van der Waals surface area (Å²) in [7, 11) is 3.13. The van der Waals surface area contributed by atoms with Gasteiger partial charge in [-0.15, -0.1) is 0 Å². The second-order valence-electron chi connectivity index (χ2n) is 5.14. The van der Waals surface area contributed by atoms with Crippen LogP contribution in [0.5, 0.6) is 0 Å². The van der Waals surface area contributed by atoms with Crippen LogP contribution in [-0.4, -0.2) is 37.7 Å². The lowest BCUT2D eigenvalue weighted by atomic mass is 9.90.